The van der Waals surface area contributed by atoms with Gasteiger partial charge in [0.05, 0.1) is 25.4 Å². The molecule has 27 heavy (non-hydrogen) atoms. The minimum Gasteiger partial charge on any atom is -0.497 e. The van der Waals surface area contributed by atoms with Crippen LogP contribution in [0.1, 0.15) is 42.1 Å². The minimum atomic E-state index is -0.305. The molecule has 0 saturated heterocycles. The molecule has 4 heteroatoms. The van der Waals surface area contributed by atoms with Crippen molar-refractivity contribution in [2.24, 2.45) is 0 Å². The van der Waals surface area contributed by atoms with Gasteiger partial charge in [-0.3, -0.25) is 0 Å². The first-order chi connectivity index (χ1) is 13.2. The van der Waals surface area contributed by atoms with E-state index in [1.165, 1.54) is 0 Å². The molecule has 0 aliphatic heterocycles. The summed E-state index contributed by atoms with van der Waals surface area (Å²) in [6, 6.07) is 16.9. The number of benzene rings is 2. The Morgan fingerprint density at radius 1 is 1.04 bits per heavy atom. The van der Waals surface area contributed by atoms with Crippen molar-refractivity contribution in [1.82, 2.24) is 0 Å². The van der Waals surface area contributed by atoms with Crippen LogP contribution in [0.3, 0.4) is 0 Å². The average Bonchev–Trinajstić information content (AvgIpc) is 2.72. The van der Waals surface area contributed by atoms with Crippen LogP contribution in [0.5, 0.6) is 5.75 Å². The van der Waals surface area contributed by atoms with Gasteiger partial charge in [-0.25, -0.2) is 4.79 Å². The van der Waals surface area contributed by atoms with E-state index in [-0.39, 0.29) is 18.7 Å². The Labute approximate surface area is 161 Å². The van der Waals surface area contributed by atoms with Gasteiger partial charge in [-0.2, -0.15) is 0 Å². The molecule has 0 unspecified atom stereocenters. The second kappa shape index (κ2) is 11.9. The monoisotopic (exact) mass is 368 g/mol. The zero-order valence-corrected chi connectivity index (χ0v) is 16.1. The predicted octanol–water partition coefficient (Wildman–Crippen LogP) is 5.18. The van der Waals surface area contributed by atoms with E-state index in [1.54, 1.807) is 19.2 Å². The highest BCUT2D eigenvalue weighted by atomic mass is 16.5. The Hall–Kier alpha value is -2.59. The van der Waals surface area contributed by atoms with Crippen molar-refractivity contribution in [3.63, 3.8) is 0 Å². The van der Waals surface area contributed by atoms with Crippen LogP contribution in [0.25, 0.3) is 0 Å². The average molecular weight is 368 g/mol. The highest BCUT2D eigenvalue weighted by Crippen LogP contribution is 2.15. The van der Waals surface area contributed by atoms with E-state index in [4.69, 9.17) is 14.2 Å². The molecule has 0 aromatic heterocycles. The maximum Gasteiger partial charge on any atom is 0.338 e. The molecule has 0 saturated carbocycles. The molecule has 2 aromatic rings. The molecule has 0 aliphatic carbocycles. The van der Waals surface area contributed by atoms with E-state index >= 15 is 0 Å². The van der Waals surface area contributed by atoms with Crippen LogP contribution in [-0.4, -0.2) is 25.8 Å². The van der Waals surface area contributed by atoms with Gasteiger partial charge in [-0.05, 0) is 42.7 Å². The fourth-order valence-corrected chi connectivity index (χ4v) is 2.62. The van der Waals surface area contributed by atoms with Crippen LogP contribution in [0.15, 0.2) is 66.7 Å². The summed E-state index contributed by atoms with van der Waals surface area (Å²) in [6.07, 6.45) is 6.90. The van der Waals surface area contributed by atoms with Crippen LogP contribution < -0.4 is 4.74 Å². The van der Waals surface area contributed by atoms with Crippen LogP contribution in [0, 0.1) is 0 Å². The highest BCUT2D eigenvalue weighted by Gasteiger charge is 2.07. The summed E-state index contributed by atoms with van der Waals surface area (Å²) in [6.45, 7) is 2.99. The number of esters is 1. The lowest BCUT2D eigenvalue weighted by Crippen LogP contribution is -2.12. The Balaban J connectivity index is 1.72. The van der Waals surface area contributed by atoms with E-state index in [2.05, 4.69) is 6.92 Å². The van der Waals surface area contributed by atoms with Crippen molar-refractivity contribution in [1.29, 1.82) is 0 Å². The third-order valence-corrected chi connectivity index (χ3v) is 4.14. The Bertz CT molecular complexity index is 692. The van der Waals surface area contributed by atoms with Crippen LogP contribution >= 0.6 is 0 Å². The molecule has 0 amide bonds. The molecule has 0 spiro atoms. The lowest BCUT2D eigenvalue weighted by atomic mass is 10.1. The van der Waals surface area contributed by atoms with E-state index in [9.17, 15) is 4.79 Å². The summed E-state index contributed by atoms with van der Waals surface area (Å²) in [5, 5.41) is 0. The fourth-order valence-electron chi connectivity index (χ4n) is 2.62. The van der Waals surface area contributed by atoms with Gasteiger partial charge in [0.25, 0.3) is 0 Å². The smallest absolute Gasteiger partial charge is 0.338 e. The number of hydrogen-bond donors (Lipinski definition) is 0. The number of hydrogen-bond acceptors (Lipinski definition) is 4. The Morgan fingerprint density at radius 2 is 1.78 bits per heavy atom. The van der Waals surface area contributed by atoms with E-state index < -0.39 is 0 Å². The van der Waals surface area contributed by atoms with Gasteiger partial charge in [-0.1, -0.05) is 55.8 Å². The van der Waals surface area contributed by atoms with Crippen LogP contribution in [-0.2, 0) is 16.1 Å². The highest BCUT2D eigenvalue weighted by molar-refractivity contribution is 5.89. The molecule has 0 N–H and O–H groups in total. The van der Waals surface area contributed by atoms with Crippen molar-refractivity contribution in [3.05, 3.63) is 77.9 Å². The molecule has 4 nitrogen and oxygen atoms in total. The standard InChI is InChI=1S/C23H28O4/c1-3-9-22(27-18-19-13-15-21(25-2)16-14-19)12-7-8-17-26-23(24)20-10-5-4-6-11-20/h4-8,10-11,13-16,22H,3,9,12,17-18H2,1-2H3/b8-7+/t22-/m0/s1. The van der Waals surface area contributed by atoms with Crippen molar-refractivity contribution in [2.75, 3.05) is 13.7 Å². The third kappa shape index (κ3) is 7.67. The van der Waals surface area contributed by atoms with Crippen molar-refractivity contribution >= 4 is 5.97 Å². The molecule has 2 rings (SSSR count). The lowest BCUT2D eigenvalue weighted by molar-refractivity contribution is 0.0364. The summed E-state index contributed by atoms with van der Waals surface area (Å²) in [4.78, 5) is 11.9. The van der Waals surface area contributed by atoms with E-state index in [0.29, 0.717) is 12.2 Å². The molecule has 144 valence electrons. The molecule has 0 fully saturated rings. The molecule has 0 aliphatic rings. The van der Waals surface area contributed by atoms with Gasteiger partial charge >= 0.3 is 5.97 Å². The summed E-state index contributed by atoms with van der Waals surface area (Å²) in [5.41, 5.74) is 1.69. The number of methoxy groups -OCH3 is 1. The minimum absolute atomic E-state index is 0.151. The third-order valence-electron chi connectivity index (χ3n) is 4.14. The van der Waals surface area contributed by atoms with E-state index in [0.717, 1.165) is 30.6 Å². The molecular formula is C23H28O4. The zero-order valence-electron chi connectivity index (χ0n) is 16.1. The summed E-state index contributed by atoms with van der Waals surface area (Å²) >= 11 is 0. The van der Waals surface area contributed by atoms with Crippen molar-refractivity contribution < 1.29 is 19.0 Å². The topological polar surface area (TPSA) is 44.8 Å². The molecule has 0 radical (unpaired) electrons. The van der Waals surface area contributed by atoms with Gasteiger partial charge in [0, 0.05) is 0 Å². The maximum absolute atomic E-state index is 11.9. The largest absolute Gasteiger partial charge is 0.497 e. The molecule has 2 aromatic carbocycles. The SMILES string of the molecule is CCC[C@@H](C/C=C/COC(=O)c1ccccc1)OCc1ccc(OC)cc1. The first-order valence-electron chi connectivity index (χ1n) is 9.34. The predicted molar refractivity (Wildman–Crippen MR) is 107 cm³/mol. The van der Waals surface area contributed by atoms with Crippen LogP contribution in [0.2, 0.25) is 0 Å². The number of carbonyl (C=O) groups excluding carboxylic acids is 1. The quantitative estimate of drug-likeness (QED) is 0.405. The zero-order chi connectivity index (χ0) is 19.3. The lowest BCUT2D eigenvalue weighted by Gasteiger charge is -2.16. The van der Waals surface area contributed by atoms with Gasteiger partial charge in [0.2, 0.25) is 0 Å². The first-order valence-corrected chi connectivity index (χ1v) is 9.34. The Kier molecular flexibility index (Phi) is 9.14. The summed E-state index contributed by atoms with van der Waals surface area (Å²) in [7, 11) is 1.66. The van der Waals surface area contributed by atoms with E-state index in [1.807, 2.05) is 54.6 Å². The number of rotatable bonds is 11. The molecular weight excluding hydrogens is 340 g/mol. The molecule has 0 heterocycles. The van der Waals surface area contributed by atoms with Crippen molar-refractivity contribution in [3.8, 4) is 5.75 Å². The molecule has 1 atom stereocenters. The summed E-state index contributed by atoms with van der Waals surface area (Å²) < 4.78 is 16.5. The number of carbonyl (C=O) groups is 1. The van der Waals surface area contributed by atoms with Gasteiger partial charge in [-0.15, -0.1) is 0 Å². The van der Waals surface area contributed by atoms with Crippen LogP contribution in [0.4, 0.5) is 0 Å². The first kappa shape index (κ1) is 20.7. The molecule has 0 bridgehead atoms. The van der Waals surface area contributed by atoms with Gasteiger partial charge in [0.15, 0.2) is 0 Å². The van der Waals surface area contributed by atoms with Crippen molar-refractivity contribution in [2.45, 2.75) is 38.9 Å². The normalized spacial score (nSPS) is 12.1. The second-order valence-corrected chi connectivity index (χ2v) is 6.24. The van der Waals surface area contributed by atoms with Gasteiger partial charge < -0.3 is 14.2 Å². The Morgan fingerprint density at radius 3 is 2.44 bits per heavy atom. The maximum atomic E-state index is 11.9. The summed E-state index contributed by atoms with van der Waals surface area (Å²) in [5.74, 6) is 0.540. The number of ether oxygens (including phenoxy) is 3. The fraction of sp³-hybridized carbons (Fsp3) is 0.348. The van der Waals surface area contributed by atoms with Gasteiger partial charge in [0.1, 0.15) is 12.4 Å². The second-order valence-electron chi connectivity index (χ2n) is 6.24.